The van der Waals surface area contributed by atoms with Gasteiger partial charge in [-0.1, -0.05) is 12.1 Å². The van der Waals surface area contributed by atoms with E-state index in [0.29, 0.717) is 16.8 Å². The molecule has 0 aliphatic carbocycles. The molecule has 2 N–H and O–H groups in total. The van der Waals surface area contributed by atoms with Gasteiger partial charge in [-0.3, -0.25) is 4.79 Å². The molecule has 0 aliphatic rings. The Hall–Kier alpha value is -3.92. The van der Waals surface area contributed by atoms with Crippen LogP contribution in [0.4, 0.5) is 20.6 Å². The van der Waals surface area contributed by atoms with Crippen molar-refractivity contribution < 1.29 is 9.18 Å². The van der Waals surface area contributed by atoms with Crippen molar-refractivity contribution in [2.24, 2.45) is 0 Å². The van der Waals surface area contributed by atoms with Crippen LogP contribution in [0.25, 0.3) is 0 Å². The fraction of sp³-hybridized carbons (Fsp3) is 0.0500. The molecule has 0 fully saturated rings. The van der Waals surface area contributed by atoms with Gasteiger partial charge in [0.1, 0.15) is 11.5 Å². The van der Waals surface area contributed by atoms with E-state index in [0.717, 1.165) is 0 Å². The Morgan fingerprint density at radius 1 is 1.07 bits per heavy atom. The Bertz CT molecular complexity index is 1070. The number of pyridine rings is 1. The summed E-state index contributed by atoms with van der Waals surface area (Å²) in [6, 6.07) is 16.8. The molecule has 134 valence electrons. The van der Waals surface area contributed by atoms with Gasteiger partial charge in [-0.05, 0) is 54.1 Å². The van der Waals surface area contributed by atoms with E-state index in [1.54, 1.807) is 48.7 Å². The molecule has 3 rings (SSSR count). The standard InChI is InChI=1S/C20H15FN4O2/c21-16-4-1-3-15(11-16)13-25-10-2-5-18(19(25)26)24-20(27)23-17-8-6-14(12-22)7-9-17/h1-11H,13H2,(H2,23,24,27). The Kier molecular flexibility index (Phi) is 5.28. The maximum absolute atomic E-state index is 13.3. The van der Waals surface area contributed by atoms with Crippen LogP contribution in [0.2, 0.25) is 0 Å². The lowest BCUT2D eigenvalue weighted by Crippen LogP contribution is -2.28. The minimum absolute atomic E-state index is 0.0973. The highest BCUT2D eigenvalue weighted by Crippen LogP contribution is 2.10. The highest BCUT2D eigenvalue weighted by Gasteiger charge is 2.08. The normalized spacial score (nSPS) is 10.1. The van der Waals surface area contributed by atoms with Gasteiger partial charge >= 0.3 is 6.03 Å². The lowest BCUT2D eigenvalue weighted by atomic mass is 10.2. The molecule has 0 unspecified atom stereocenters. The van der Waals surface area contributed by atoms with Crippen LogP contribution in [0.5, 0.6) is 0 Å². The first-order chi connectivity index (χ1) is 13.0. The highest BCUT2D eigenvalue weighted by molar-refractivity contribution is 5.99. The number of aromatic nitrogens is 1. The molecular weight excluding hydrogens is 347 g/mol. The zero-order valence-electron chi connectivity index (χ0n) is 14.1. The number of urea groups is 1. The van der Waals surface area contributed by atoms with Crippen LogP contribution in [-0.2, 0) is 6.54 Å². The number of carbonyl (C=O) groups is 1. The van der Waals surface area contributed by atoms with E-state index in [2.05, 4.69) is 10.6 Å². The lowest BCUT2D eigenvalue weighted by molar-refractivity contribution is 0.262. The summed E-state index contributed by atoms with van der Waals surface area (Å²) in [5.74, 6) is -0.378. The van der Waals surface area contributed by atoms with Crippen LogP contribution < -0.4 is 16.2 Å². The van der Waals surface area contributed by atoms with Crippen LogP contribution in [0, 0.1) is 17.1 Å². The van der Waals surface area contributed by atoms with E-state index in [-0.39, 0.29) is 18.0 Å². The third kappa shape index (κ3) is 4.58. The van der Waals surface area contributed by atoms with Gasteiger partial charge in [-0.25, -0.2) is 9.18 Å². The minimum Gasteiger partial charge on any atom is -0.309 e. The first-order valence-corrected chi connectivity index (χ1v) is 8.07. The molecule has 0 bridgehead atoms. The zero-order valence-corrected chi connectivity index (χ0v) is 14.1. The number of nitriles is 1. The third-order valence-electron chi connectivity index (χ3n) is 3.78. The second-order valence-electron chi connectivity index (χ2n) is 5.75. The molecule has 0 radical (unpaired) electrons. The second kappa shape index (κ2) is 7.97. The number of carbonyl (C=O) groups excluding carboxylic acids is 1. The molecule has 7 heteroatoms. The summed E-state index contributed by atoms with van der Waals surface area (Å²) in [5.41, 5.74) is 1.29. The SMILES string of the molecule is N#Cc1ccc(NC(=O)Nc2cccn(Cc3cccc(F)c3)c2=O)cc1. The van der Waals surface area contributed by atoms with Gasteiger partial charge in [0.25, 0.3) is 5.56 Å². The maximum atomic E-state index is 13.3. The molecule has 1 heterocycles. The van der Waals surface area contributed by atoms with Gasteiger partial charge in [0.2, 0.25) is 0 Å². The average molecular weight is 362 g/mol. The topological polar surface area (TPSA) is 86.9 Å². The van der Waals surface area contributed by atoms with Crippen LogP contribution in [0.1, 0.15) is 11.1 Å². The van der Waals surface area contributed by atoms with Gasteiger partial charge in [0.15, 0.2) is 0 Å². The zero-order chi connectivity index (χ0) is 19.2. The van der Waals surface area contributed by atoms with Gasteiger partial charge in [0.05, 0.1) is 18.2 Å². The van der Waals surface area contributed by atoms with E-state index >= 15 is 0 Å². The van der Waals surface area contributed by atoms with E-state index in [4.69, 9.17) is 5.26 Å². The molecule has 0 saturated heterocycles. The fourth-order valence-corrected chi connectivity index (χ4v) is 2.50. The summed E-state index contributed by atoms with van der Waals surface area (Å²) in [6.07, 6.45) is 1.57. The summed E-state index contributed by atoms with van der Waals surface area (Å²) in [4.78, 5) is 24.6. The number of anilines is 2. The Labute approximate surface area is 154 Å². The van der Waals surface area contributed by atoms with Crippen LogP contribution in [0.15, 0.2) is 71.7 Å². The van der Waals surface area contributed by atoms with E-state index in [9.17, 15) is 14.0 Å². The van der Waals surface area contributed by atoms with Crippen molar-refractivity contribution in [3.63, 3.8) is 0 Å². The third-order valence-corrected chi connectivity index (χ3v) is 3.78. The molecule has 0 atom stereocenters. The number of hydrogen-bond acceptors (Lipinski definition) is 3. The largest absolute Gasteiger partial charge is 0.323 e. The van der Waals surface area contributed by atoms with Crippen molar-refractivity contribution in [1.82, 2.24) is 4.57 Å². The van der Waals surface area contributed by atoms with Crippen molar-refractivity contribution >= 4 is 17.4 Å². The van der Waals surface area contributed by atoms with E-state index in [1.165, 1.54) is 22.8 Å². The molecule has 0 spiro atoms. The van der Waals surface area contributed by atoms with Crippen molar-refractivity contribution in [2.75, 3.05) is 10.6 Å². The molecule has 2 amide bonds. The Morgan fingerprint density at radius 2 is 1.85 bits per heavy atom. The summed E-state index contributed by atoms with van der Waals surface area (Å²) >= 11 is 0. The second-order valence-corrected chi connectivity index (χ2v) is 5.75. The monoisotopic (exact) mass is 362 g/mol. The van der Waals surface area contributed by atoms with E-state index in [1.807, 2.05) is 6.07 Å². The summed E-state index contributed by atoms with van der Waals surface area (Å²) < 4.78 is 14.7. The number of benzene rings is 2. The fourth-order valence-electron chi connectivity index (χ4n) is 2.50. The molecular formula is C20H15FN4O2. The Morgan fingerprint density at radius 3 is 2.56 bits per heavy atom. The van der Waals surface area contributed by atoms with Crippen molar-refractivity contribution in [3.05, 3.63) is 94.2 Å². The molecule has 6 nitrogen and oxygen atoms in total. The predicted octanol–water partition coefficient (Wildman–Crippen LogP) is 3.55. The number of rotatable bonds is 4. The maximum Gasteiger partial charge on any atom is 0.323 e. The summed E-state index contributed by atoms with van der Waals surface area (Å²) in [7, 11) is 0. The molecule has 0 saturated carbocycles. The lowest BCUT2D eigenvalue weighted by Gasteiger charge is -2.10. The van der Waals surface area contributed by atoms with Crippen LogP contribution >= 0.6 is 0 Å². The number of nitrogens with one attached hydrogen (secondary N) is 2. The van der Waals surface area contributed by atoms with Crippen molar-refractivity contribution in [1.29, 1.82) is 5.26 Å². The predicted molar refractivity (Wildman–Crippen MR) is 100 cm³/mol. The molecule has 0 aliphatic heterocycles. The average Bonchev–Trinajstić information content (AvgIpc) is 2.66. The van der Waals surface area contributed by atoms with Crippen LogP contribution in [0.3, 0.4) is 0 Å². The van der Waals surface area contributed by atoms with Gasteiger partial charge in [0, 0.05) is 11.9 Å². The molecule has 2 aromatic carbocycles. The van der Waals surface area contributed by atoms with Gasteiger partial charge in [-0.15, -0.1) is 0 Å². The minimum atomic E-state index is -0.583. The molecule has 1 aromatic heterocycles. The summed E-state index contributed by atoms with van der Waals surface area (Å²) in [5, 5.41) is 13.9. The first-order valence-electron chi connectivity index (χ1n) is 8.07. The number of halogens is 1. The summed E-state index contributed by atoms with van der Waals surface area (Å²) in [6.45, 7) is 0.184. The van der Waals surface area contributed by atoms with E-state index < -0.39 is 11.6 Å². The smallest absolute Gasteiger partial charge is 0.309 e. The number of nitrogens with zero attached hydrogens (tertiary/aromatic N) is 2. The number of amides is 2. The van der Waals surface area contributed by atoms with Crippen molar-refractivity contribution in [2.45, 2.75) is 6.54 Å². The first kappa shape index (κ1) is 17.9. The van der Waals surface area contributed by atoms with Gasteiger partial charge < -0.3 is 15.2 Å². The van der Waals surface area contributed by atoms with Gasteiger partial charge in [-0.2, -0.15) is 5.26 Å². The quantitative estimate of drug-likeness (QED) is 0.744. The van der Waals surface area contributed by atoms with Crippen molar-refractivity contribution in [3.8, 4) is 6.07 Å². The van der Waals surface area contributed by atoms with Crippen LogP contribution in [-0.4, -0.2) is 10.6 Å². The highest BCUT2D eigenvalue weighted by atomic mass is 19.1. The molecule has 3 aromatic rings. The molecule has 27 heavy (non-hydrogen) atoms. The number of hydrogen-bond donors (Lipinski definition) is 2. The Balaban J connectivity index is 1.72.